The summed E-state index contributed by atoms with van der Waals surface area (Å²) < 4.78 is 5.19. The van der Waals surface area contributed by atoms with Gasteiger partial charge < -0.3 is 4.90 Å². The molecule has 9 aromatic carbocycles. The van der Waals surface area contributed by atoms with Gasteiger partial charge in [0.25, 0.3) is 0 Å². The SMILES string of the molecule is c1ccc(-c2c(-c3ccc(N(c4cccc5c4sc4ccccc45)c4ccc(-c5ccccc5)c5sc6ccccc6c45)cc3)ccc3ccccc23)cc1. The molecule has 0 radical (unpaired) electrons. The van der Waals surface area contributed by atoms with Gasteiger partial charge in [0, 0.05) is 41.3 Å². The molecule has 0 fully saturated rings. The number of nitrogens with zero attached hydrogens (tertiary/aromatic N) is 1. The molecule has 0 aliphatic carbocycles. The van der Waals surface area contributed by atoms with E-state index in [1.165, 1.54) is 95.9 Å². The Balaban J connectivity index is 1.17. The lowest BCUT2D eigenvalue weighted by Crippen LogP contribution is -2.10. The second-order valence-corrected chi connectivity index (χ2v) is 16.1. The molecule has 1 nitrogen and oxygen atoms in total. The summed E-state index contributed by atoms with van der Waals surface area (Å²) >= 11 is 3.77. The average molecular weight is 736 g/mol. The molecule has 0 amide bonds. The molecule has 0 unspecified atom stereocenters. The van der Waals surface area contributed by atoms with Crippen molar-refractivity contribution in [2.75, 3.05) is 4.90 Å². The molecule has 0 aliphatic rings. The van der Waals surface area contributed by atoms with E-state index in [2.05, 4.69) is 205 Å². The van der Waals surface area contributed by atoms with Crippen LogP contribution in [-0.2, 0) is 0 Å². The summed E-state index contributed by atoms with van der Waals surface area (Å²) in [5, 5.41) is 7.66. The zero-order chi connectivity index (χ0) is 36.3. The van der Waals surface area contributed by atoms with Crippen LogP contribution in [0.3, 0.4) is 0 Å². The first kappa shape index (κ1) is 32.0. The second-order valence-electron chi connectivity index (χ2n) is 14.0. The fraction of sp³-hybridized carbons (Fsp3) is 0. The number of rotatable bonds is 6. The van der Waals surface area contributed by atoms with Crippen LogP contribution in [0.5, 0.6) is 0 Å². The topological polar surface area (TPSA) is 3.24 Å². The molecule has 3 heteroatoms. The summed E-state index contributed by atoms with van der Waals surface area (Å²) in [7, 11) is 0. The van der Waals surface area contributed by atoms with E-state index in [1.54, 1.807) is 0 Å². The highest BCUT2D eigenvalue weighted by Gasteiger charge is 2.24. The fourth-order valence-corrected chi connectivity index (χ4v) is 10.8. The first-order valence-corrected chi connectivity index (χ1v) is 20.3. The van der Waals surface area contributed by atoms with Crippen LogP contribution < -0.4 is 4.90 Å². The van der Waals surface area contributed by atoms with E-state index < -0.39 is 0 Å². The Morgan fingerprint density at radius 1 is 0.327 bits per heavy atom. The molecule has 55 heavy (non-hydrogen) atoms. The van der Waals surface area contributed by atoms with E-state index in [-0.39, 0.29) is 0 Å². The molecule has 11 aromatic rings. The minimum atomic E-state index is 1.12. The highest BCUT2D eigenvalue weighted by molar-refractivity contribution is 7.27. The Hall–Kier alpha value is -6.52. The highest BCUT2D eigenvalue weighted by atomic mass is 32.1. The van der Waals surface area contributed by atoms with Crippen LogP contribution in [-0.4, -0.2) is 0 Å². The molecule has 0 saturated heterocycles. The zero-order valence-corrected chi connectivity index (χ0v) is 31.4. The van der Waals surface area contributed by atoms with Gasteiger partial charge in [-0.15, -0.1) is 22.7 Å². The molecule has 2 heterocycles. The summed E-state index contributed by atoms with van der Waals surface area (Å²) in [6, 6.07) is 73.3. The summed E-state index contributed by atoms with van der Waals surface area (Å²) in [6.45, 7) is 0. The third kappa shape index (κ3) is 5.27. The highest BCUT2D eigenvalue weighted by Crippen LogP contribution is 2.51. The van der Waals surface area contributed by atoms with E-state index in [0.717, 1.165) is 5.69 Å². The Morgan fingerprint density at radius 2 is 0.909 bits per heavy atom. The third-order valence-electron chi connectivity index (χ3n) is 10.9. The molecule has 11 rings (SSSR count). The maximum Gasteiger partial charge on any atom is 0.0640 e. The van der Waals surface area contributed by atoms with Crippen molar-refractivity contribution in [3.8, 4) is 33.4 Å². The molecule has 0 spiro atoms. The number of benzene rings is 9. The molecule has 0 saturated carbocycles. The maximum absolute atomic E-state index is 2.51. The second kappa shape index (κ2) is 13.1. The Bertz CT molecular complexity index is 3190. The van der Waals surface area contributed by atoms with Crippen molar-refractivity contribution in [2.24, 2.45) is 0 Å². The molecule has 258 valence electrons. The van der Waals surface area contributed by atoms with E-state index >= 15 is 0 Å². The van der Waals surface area contributed by atoms with Gasteiger partial charge in [0.2, 0.25) is 0 Å². The van der Waals surface area contributed by atoms with Crippen LogP contribution in [0.2, 0.25) is 0 Å². The summed E-state index contributed by atoms with van der Waals surface area (Å²) in [5.41, 5.74) is 10.9. The van der Waals surface area contributed by atoms with Crippen molar-refractivity contribution >= 4 is 90.9 Å². The van der Waals surface area contributed by atoms with Gasteiger partial charge in [-0.1, -0.05) is 164 Å². The lowest BCUT2D eigenvalue weighted by atomic mass is 9.89. The first-order valence-electron chi connectivity index (χ1n) is 18.7. The van der Waals surface area contributed by atoms with Crippen molar-refractivity contribution < 1.29 is 0 Å². The smallest absolute Gasteiger partial charge is 0.0640 e. The van der Waals surface area contributed by atoms with Gasteiger partial charge in [-0.2, -0.15) is 0 Å². The van der Waals surface area contributed by atoms with Gasteiger partial charge in [0.05, 0.1) is 16.1 Å². The van der Waals surface area contributed by atoms with Crippen LogP contribution in [0.1, 0.15) is 0 Å². The predicted molar refractivity (Wildman–Crippen MR) is 241 cm³/mol. The maximum atomic E-state index is 2.51. The number of anilines is 3. The van der Waals surface area contributed by atoms with Crippen LogP contribution in [0, 0.1) is 0 Å². The number of hydrogen-bond acceptors (Lipinski definition) is 3. The van der Waals surface area contributed by atoms with Crippen LogP contribution in [0.4, 0.5) is 17.1 Å². The van der Waals surface area contributed by atoms with Crippen molar-refractivity contribution in [3.05, 3.63) is 200 Å². The lowest BCUT2D eigenvalue weighted by Gasteiger charge is -2.28. The van der Waals surface area contributed by atoms with E-state index in [0.29, 0.717) is 0 Å². The van der Waals surface area contributed by atoms with Crippen molar-refractivity contribution in [1.29, 1.82) is 0 Å². The Kier molecular flexibility index (Phi) is 7.61. The molecule has 0 N–H and O–H groups in total. The summed E-state index contributed by atoms with van der Waals surface area (Å²) in [6.07, 6.45) is 0. The summed E-state index contributed by atoms with van der Waals surface area (Å²) in [5.74, 6) is 0. The molecule has 0 aliphatic heterocycles. The Labute approximate surface area is 327 Å². The van der Waals surface area contributed by atoms with Crippen molar-refractivity contribution in [2.45, 2.75) is 0 Å². The minimum absolute atomic E-state index is 1.12. The van der Waals surface area contributed by atoms with Gasteiger partial charge >= 0.3 is 0 Å². The van der Waals surface area contributed by atoms with E-state index in [4.69, 9.17) is 0 Å². The van der Waals surface area contributed by atoms with Gasteiger partial charge in [0.15, 0.2) is 0 Å². The van der Waals surface area contributed by atoms with Crippen molar-refractivity contribution in [1.82, 2.24) is 0 Å². The molecule has 0 atom stereocenters. The standard InChI is InChI=1S/C52H33NS2/c1-3-14-34(15-4-1)41-32-33-45(50-44-21-10-12-25-48(44)55-52(41)50)53(46-23-13-22-43-42-20-9-11-24-47(42)54-51(43)46)38-29-26-36(27-30-38)40-31-28-35-16-7-8-19-39(35)49(40)37-17-5-2-6-18-37/h1-33H. The average Bonchev–Trinajstić information content (AvgIpc) is 3.84. The van der Waals surface area contributed by atoms with Crippen molar-refractivity contribution in [3.63, 3.8) is 0 Å². The first-order chi connectivity index (χ1) is 27.3. The molecule has 2 aromatic heterocycles. The number of hydrogen-bond donors (Lipinski definition) is 0. The van der Waals surface area contributed by atoms with Crippen LogP contribution >= 0.6 is 22.7 Å². The predicted octanol–water partition coefficient (Wildman–Crippen LogP) is 16.0. The quantitative estimate of drug-likeness (QED) is 0.164. The lowest BCUT2D eigenvalue weighted by molar-refractivity contribution is 1.32. The monoisotopic (exact) mass is 735 g/mol. The van der Waals surface area contributed by atoms with Gasteiger partial charge in [-0.3, -0.25) is 0 Å². The molecule has 0 bridgehead atoms. The van der Waals surface area contributed by atoms with Gasteiger partial charge in [-0.25, -0.2) is 0 Å². The van der Waals surface area contributed by atoms with E-state index in [1.807, 2.05) is 22.7 Å². The zero-order valence-electron chi connectivity index (χ0n) is 29.8. The van der Waals surface area contributed by atoms with Gasteiger partial charge in [-0.05, 0) is 80.6 Å². The van der Waals surface area contributed by atoms with Gasteiger partial charge in [0.1, 0.15) is 0 Å². The third-order valence-corrected chi connectivity index (χ3v) is 13.3. The molecular formula is C52H33NS2. The van der Waals surface area contributed by atoms with Crippen LogP contribution in [0.25, 0.3) is 84.5 Å². The fourth-order valence-electron chi connectivity index (χ4n) is 8.38. The number of fused-ring (bicyclic) bond motifs is 7. The largest absolute Gasteiger partial charge is 0.308 e. The Morgan fingerprint density at radius 3 is 1.69 bits per heavy atom. The normalized spacial score (nSPS) is 11.6. The number of thiophene rings is 2. The molecular weight excluding hydrogens is 703 g/mol. The van der Waals surface area contributed by atoms with Crippen LogP contribution in [0.15, 0.2) is 200 Å². The minimum Gasteiger partial charge on any atom is -0.308 e. The summed E-state index contributed by atoms with van der Waals surface area (Å²) in [4.78, 5) is 2.51. The van der Waals surface area contributed by atoms with E-state index in [9.17, 15) is 0 Å².